The van der Waals surface area contributed by atoms with Gasteiger partial charge in [0.25, 0.3) is 6.73 Å². The van der Waals surface area contributed by atoms with Crippen LogP contribution >= 0.6 is 0 Å². The molecule has 130 valence electrons. The van der Waals surface area contributed by atoms with E-state index in [2.05, 4.69) is 5.18 Å². The predicted molar refractivity (Wildman–Crippen MR) is 96.5 cm³/mol. The molecule has 0 unspecified atom stereocenters. The van der Waals surface area contributed by atoms with Gasteiger partial charge in [0.15, 0.2) is 18.2 Å². The Hall–Kier alpha value is -3.38. The molecule has 3 rings (SSSR count). The van der Waals surface area contributed by atoms with Crippen molar-refractivity contribution in [2.75, 3.05) is 6.73 Å². The summed E-state index contributed by atoms with van der Waals surface area (Å²) in [6.07, 6.45) is 12.1. The average molecular weight is 348 g/mol. The van der Waals surface area contributed by atoms with E-state index in [-0.39, 0.29) is 12.5 Å². The molecule has 0 saturated heterocycles. The summed E-state index contributed by atoms with van der Waals surface area (Å²) >= 11 is 0. The van der Waals surface area contributed by atoms with Gasteiger partial charge in [0.05, 0.1) is 11.9 Å². The van der Waals surface area contributed by atoms with Gasteiger partial charge in [0.2, 0.25) is 0 Å². The summed E-state index contributed by atoms with van der Waals surface area (Å²) in [4.78, 5) is 24.6. The molecular weight excluding hydrogens is 330 g/mol. The lowest BCUT2D eigenvalue weighted by molar-refractivity contribution is -0.733. The van der Waals surface area contributed by atoms with Crippen molar-refractivity contribution >= 4 is 5.78 Å². The molecule has 0 saturated carbocycles. The van der Waals surface area contributed by atoms with Crippen molar-refractivity contribution in [3.05, 3.63) is 107 Å². The third kappa shape index (κ3) is 4.37. The number of ketones is 1. The number of hydrogen-bond acceptors (Lipinski definition) is 5. The molecule has 26 heavy (non-hydrogen) atoms. The van der Waals surface area contributed by atoms with Crippen LogP contribution in [0, 0.1) is 4.91 Å². The van der Waals surface area contributed by atoms with Gasteiger partial charge in [-0.2, -0.15) is 4.57 Å². The summed E-state index contributed by atoms with van der Waals surface area (Å²) in [5.41, 5.74) is 1.95. The van der Waals surface area contributed by atoms with Crippen LogP contribution < -0.4 is 4.57 Å². The van der Waals surface area contributed by atoms with Gasteiger partial charge in [-0.25, -0.2) is 0 Å². The van der Waals surface area contributed by atoms with Crippen LogP contribution in [-0.2, 0) is 11.5 Å². The quantitative estimate of drug-likeness (QED) is 0.438. The molecule has 0 atom stereocenters. The van der Waals surface area contributed by atoms with Crippen LogP contribution in [0.4, 0.5) is 0 Å². The minimum atomic E-state index is -0.0138. The first-order valence-corrected chi connectivity index (χ1v) is 8.08. The minimum absolute atomic E-state index is 0.0138. The summed E-state index contributed by atoms with van der Waals surface area (Å²) in [6.45, 7) is 0.593. The maximum absolute atomic E-state index is 12.4. The molecule has 0 spiro atoms. The van der Waals surface area contributed by atoms with Crippen LogP contribution in [0.1, 0.15) is 15.9 Å². The molecule has 0 fully saturated rings. The third-order valence-corrected chi connectivity index (χ3v) is 3.82. The largest absolute Gasteiger partial charge is 0.323 e. The van der Waals surface area contributed by atoms with Crippen LogP contribution in [0.2, 0.25) is 0 Å². The van der Waals surface area contributed by atoms with Crippen molar-refractivity contribution < 1.29 is 14.1 Å². The molecule has 0 bridgehead atoms. The molecule has 1 aliphatic rings. The van der Waals surface area contributed by atoms with E-state index in [0.717, 1.165) is 0 Å². The first kappa shape index (κ1) is 17.4. The molecule has 1 aromatic heterocycles. The Morgan fingerprint density at radius 3 is 2.54 bits per heavy atom. The number of ether oxygens (including phenoxy) is 1. The highest BCUT2D eigenvalue weighted by Gasteiger charge is 2.11. The summed E-state index contributed by atoms with van der Waals surface area (Å²) < 4.78 is 7.48. The first-order valence-electron chi connectivity index (χ1n) is 8.08. The molecule has 0 amide bonds. The van der Waals surface area contributed by atoms with Crippen molar-refractivity contribution in [1.82, 2.24) is 4.90 Å². The molecule has 2 heterocycles. The molecule has 6 heteroatoms. The van der Waals surface area contributed by atoms with Crippen molar-refractivity contribution in [3.63, 3.8) is 0 Å². The Morgan fingerprint density at radius 1 is 1.08 bits per heavy atom. The number of benzene rings is 1. The second-order valence-electron chi connectivity index (χ2n) is 5.59. The first-order chi connectivity index (χ1) is 12.8. The molecule has 1 aliphatic heterocycles. The van der Waals surface area contributed by atoms with Crippen LogP contribution in [0.25, 0.3) is 0 Å². The van der Waals surface area contributed by atoms with Crippen molar-refractivity contribution in [3.8, 4) is 0 Å². The highest BCUT2D eigenvalue weighted by Crippen LogP contribution is 2.12. The fraction of sp³-hybridized carbons (Fsp3) is 0.100. The van der Waals surface area contributed by atoms with E-state index in [0.29, 0.717) is 23.6 Å². The van der Waals surface area contributed by atoms with E-state index < -0.39 is 0 Å². The standard InChI is InChI=1S/C20H18N3O3/c24-20(17-6-2-1-3-7-17)18-9-12-22(13-10-18)15-26-16-23-11-5-4-8-19(23)14-21-25/h1-14H,15-16H2/q+1/b19-14+. The van der Waals surface area contributed by atoms with Crippen molar-refractivity contribution in [1.29, 1.82) is 0 Å². The minimum Gasteiger partial charge on any atom is -0.323 e. The monoisotopic (exact) mass is 348 g/mol. The number of carbonyl (C=O) groups excluding carboxylic acids is 1. The maximum atomic E-state index is 12.4. The molecule has 2 aromatic rings. The summed E-state index contributed by atoms with van der Waals surface area (Å²) in [7, 11) is 0. The lowest BCUT2D eigenvalue weighted by atomic mass is 10.1. The molecule has 0 N–H and O–H groups in total. The lowest BCUT2D eigenvalue weighted by Crippen LogP contribution is -2.36. The summed E-state index contributed by atoms with van der Waals surface area (Å²) in [6, 6.07) is 12.7. The highest BCUT2D eigenvalue weighted by molar-refractivity contribution is 6.08. The van der Waals surface area contributed by atoms with Gasteiger partial charge in [-0.3, -0.25) is 4.79 Å². The Labute approximate surface area is 151 Å². The number of aromatic nitrogens is 1. The van der Waals surface area contributed by atoms with Crippen molar-refractivity contribution in [2.24, 2.45) is 5.18 Å². The number of hydrogen-bond donors (Lipinski definition) is 0. The summed E-state index contributed by atoms with van der Waals surface area (Å²) in [5, 5.41) is 2.80. The SMILES string of the molecule is O=N/C=C1\C=CC=CN1COC[n+]1ccc(C(=O)c2ccccc2)cc1. The van der Waals surface area contributed by atoms with E-state index in [4.69, 9.17) is 4.74 Å². The number of carbonyl (C=O) groups is 1. The van der Waals surface area contributed by atoms with Crippen LogP contribution in [0.15, 0.2) is 96.4 Å². The molecule has 0 radical (unpaired) electrons. The normalized spacial score (nSPS) is 14.6. The Morgan fingerprint density at radius 2 is 1.81 bits per heavy atom. The Kier molecular flexibility index (Phi) is 5.80. The van der Waals surface area contributed by atoms with Gasteiger partial charge in [0, 0.05) is 29.5 Å². The van der Waals surface area contributed by atoms with Crippen LogP contribution in [0.3, 0.4) is 0 Å². The Bertz CT molecular complexity index is 856. The van der Waals surface area contributed by atoms with Gasteiger partial charge in [0.1, 0.15) is 6.73 Å². The van der Waals surface area contributed by atoms with Gasteiger partial charge < -0.3 is 9.64 Å². The Balaban J connectivity index is 1.56. The fourth-order valence-electron chi connectivity index (χ4n) is 2.47. The number of nitrogens with zero attached hydrogens (tertiary/aromatic N) is 3. The zero-order chi connectivity index (χ0) is 18.2. The smallest absolute Gasteiger partial charge is 0.254 e. The fourth-order valence-corrected chi connectivity index (χ4v) is 2.47. The van der Waals surface area contributed by atoms with Gasteiger partial charge in [-0.05, 0) is 17.3 Å². The zero-order valence-electron chi connectivity index (χ0n) is 14.1. The third-order valence-electron chi connectivity index (χ3n) is 3.82. The van der Waals surface area contributed by atoms with E-state index in [1.807, 2.05) is 41.1 Å². The molecule has 1 aromatic carbocycles. The van der Waals surface area contributed by atoms with Gasteiger partial charge in [-0.15, -0.1) is 4.91 Å². The van der Waals surface area contributed by atoms with E-state index >= 15 is 0 Å². The second kappa shape index (κ2) is 8.64. The molecule has 0 aliphatic carbocycles. The average Bonchev–Trinajstić information content (AvgIpc) is 2.70. The van der Waals surface area contributed by atoms with E-state index in [1.54, 1.807) is 47.6 Å². The van der Waals surface area contributed by atoms with Crippen molar-refractivity contribution in [2.45, 2.75) is 6.73 Å². The second-order valence-corrected chi connectivity index (χ2v) is 5.59. The zero-order valence-corrected chi connectivity index (χ0v) is 14.1. The topological polar surface area (TPSA) is 62.9 Å². The maximum Gasteiger partial charge on any atom is 0.254 e. The highest BCUT2D eigenvalue weighted by atomic mass is 16.5. The number of allylic oxidation sites excluding steroid dienone is 3. The van der Waals surface area contributed by atoms with Crippen LogP contribution in [-0.4, -0.2) is 17.4 Å². The predicted octanol–water partition coefficient (Wildman–Crippen LogP) is 3.13. The summed E-state index contributed by atoms with van der Waals surface area (Å²) in [5.74, 6) is -0.0138. The molecular formula is C20H18N3O3+. The lowest BCUT2D eigenvalue weighted by Gasteiger charge is -2.21. The van der Waals surface area contributed by atoms with Gasteiger partial charge in [-0.1, -0.05) is 36.4 Å². The molecule has 6 nitrogen and oxygen atoms in total. The van der Waals surface area contributed by atoms with Gasteiger partial charge >= 0.3 is 0 Å². The van der Waals surface area contributed by atoms with E-state index in [1.165, 1.54) is 6.20 Å². The van der Waals surface area contributed by atoms with Crippen LogP contribution in [0.5, 0.6) is 0 Å². The number of nitroso groups, excluding NO2 is 1. The number of pyridine rings is 1. The van der Waals surface area contributed by atoms with E-state index in [9.17, 15) is 9.70 Å². The number of rotatable bonds is 7.